The first-order valence-electron chi connectivity index (χ1n) is 9.48. The highest BCUT2D eigenvalue weighted by molar-refractivity contribution is 5.94. The largest absolute Gasteiger partial charge is 0.506 e. The lowest BCUT2D eigenvalue weighted by molar-refractivity contribution is -0.139. The van der Waals surface area contributed by atoms with Gasteiger partial charge < -0.3 is 24.3 Å². The Kier molecular flexibility index (Phi) is 6.11. The smallest absolute Gasteiger partial charge is 0.341 e. The molecule has 0 spiro atoms. The van der Waals surface area contributed by atoms with E-state index in [1.807, 2.05) is 6.07 Å². The Morgan fingerprint density at radius 2 is 1.70 bits per heavy atom. The predicted molar refractivity (Wildman–Crippen MR) is 111 cm³/mol. The fourth-order valence-corrected chi connectivity index (χ4v) is 3.46. The molecule has 7 nitrogen and oxygen atoms in total. The number of para-hydroxylation sites is 3. The quantitative estimate of drug-likeness (QED) is 0.544. The van der Waals surface area contributed by atoms with E-state index in [0.717, 1.165) is 0 Å². The molecule has 0 saturated heterocycles. The lowest BCUT2D eigenvalue weighted by Crippen LogP contribution is -2.30. The van der Waals surface area contributed by atoms with Crippen LogP contribution in [0.25, 0.3) is 0 Å². The normalized spacial score (nSPS) is 11.7. The van der Waals surface area contributed by atoms with Crippen LogP contribution in [0.3, 0.4) is 0 Å². The molecule has 0 aliphatic heterocycles. The molecule has 1 aromatic heterocycles. The Morgan fingerprint density at radius 1 is 1.07 bits per heavy atom. The van der Waals surface area contributed by atoms with Crippen molar-refractivity contribution in [2.24, 2.45) is 0 Å². The lowest BCUT2D eigenvalue weighted by Gasteiger charge is -2.30. The van der Waals surface area contributed by atoms with Crippen molar-refractivity contribution in [1.82, 2.24) is 0 Å². The highest BCUT2D eigenvalue weighted by Gasteiger charge is 2.37. The van der Waals surface area contributed by atoms with E-state index in [-0.39, 0.29) is 29.4 Å². The van der Waals surface area contributed by atoms with Gasteiger partial charge in [-0.2, -0.15) is 0 Å². The summed E-state index contributed by atoms with van der Waals surface area (Å²) in [5.74, 6) is -1.48. The van der Waals surface area contributed by atoms with Gasteiger partial charge in [-0.05, 0) is 45.0 Å². The number of aryl methyl sites for hydroxylation is 1. The Hall–Kier alpha value is -3.74. The van der Waals surface area contributed by atoms with Crippen LogP contribution in [0.4, 0.5) is 11.4 Å². The maximum Gasteiger partial charge on any atom is 0.341 e. The molecule has 30 heavy (non-hydrogen) atoms. The maximum atomic E-state index is 12.5. The number of furan rings is 1. The minimum absolute atomic E-state index is 0.0841. The highest BCUT2D eigenvalue weighted by Crippen LogP contribution is 2.42. The van der Waals surface area contributed by atoms with E-state index in [0.29, 0.717) is 16.9 Å². The zero-order valence-corrected chi connectivity index (χ0v) is 17.0. The van der Waals surface area contributed by atoms with Crippen LogP contribution in [0.1, 0.15) is 40.4 Å². The molecule has 3 rings (SSSR count). The van der Waals surface area contributed by atoms with Gasteiger partial charge >= 0.3 is 11.9 Å². The minimum atomic E-state index is -1.33. The van der Waals surface area contributed by atoms with E-state index in [1.165, 1.54) is 11.0 Å². The number of phenolic OH excluding ortho intramolecular Hbond substituents is 1. The first-order valence-corrected chi connectivity index (χ1v) is 9.48. The van der Waals surface area contributed by atoms with Crippen LogP contribution in [0.15, 0.2) is 59.0 Å². The lowest BCUT2D eigenvalue weighted by atomic mass is 10.0. The van der Waals surface area contributed by atoms with Crippen LogP contribution < -0.4 is 4.90 Å². The predicted octanol–water partition coefficient (Wildman–Crippen LogP) is 4.74. The van der Waals surface area contributed by atoms with Gasteiger partial charge in [-0.15, -0.1) is 0 Å². The summed E-state index contributed by atoms with van der Waals surface area (Å²) in [6.45, 7) is 5.10. The monoisotopic (exact) mass is 409 g/mol. The SMILES string of the molecule is CCOC(=O)c1c(C)oc(C(C(=O)O)N(c2ccccc2)c2ccccc2O)c1C. The number of ether oxygens (including phenoxy) is 1. The number of aliphatic carboxylic acids is 1. The fraction of sp³-hybridized carbons (Fsp3) is 0.217. The number of benzene rings is 2. The van der Waals surface area contributed by atoms with Gasteiger partial charge in [0.25, 0.3) is 0 Å². The summed E-state index contributed by atoms with van der Waals surface area (Å²) in [5, 5.41) is 20.6. The second kappa shape index (κ2) is 8.73. The Bertz CT molecular complexity index is 1060. The molecule has 1 unspecified atom stereocenters. The van der Waals surface area contributed by atoms with E-state index in [1.54, 1.807) is 63.2 Å². The van der Waals surface area contributed by atoms with Gasteiger partial charge in [-0.25, -0.2) is 9.59 Å². The third-order valence-electron chi connectivity index (χ3n) is 4.76. The zero-order valence-electron chi connectivity index (χ0n) is 17.0. The van der Waals surface area contributed by atoms with E-state index in [2.05, 4.69) is 0 Å². The topological polar surface area (TPSA) is 100 Å². The number of carbonyl (C=O) groups excluding carboxylic acids is 1. The molecule has 2 N–H and O–H groups in total. The van der Waals surface area contributed by atoms with Crippen molar-refractivity contribution in [3.05, 3.63) is 77.2 Å². The molecule has 0 amide bonds. The van der Waals surface area contributed by atoms with Crippen molar-refractivity contribution < 1.29 is 29.0 Å². The summed E-state index contributed by atoms with van der Waals surface area (Å²) in [5.41, 5.74) is 1.43. The first kappa shape index (κ1) is 21.0. The van der Waals surface area contributed by atoms with Gasteiger partial charge in [-0.1, -0.05) is 30.3 Å². The summed E-state index contributed by atoms with van der Waals surface area (Å²) >= 11 is 0. The summed E-state index contributed by atoms with van der Waals surface area (Å²) in [6, 6.07) is 13.9. The van der Waals surface area contributed by atoms with Gasteiger partial charge in [0.1, 0.15) is 22.8 Å². The molecule has 3 aromatic rings. The molecule has 0 aliphatic rings. The number of phenols is 1. The van der Waals surface area contributed by atoms with Crippen molar-refractivity contribution in [2.45, 2.75) is 26.8 Å². The van der Waals surface area contributed by atoms with Crippen LogP contribution in [-0.4, -0.2) is 28.8 Å². The van der Waals surface area contributed by atoms with Crippen molar-refractivity contribution >= 4 is 23.3 Å². The number of carboxylic acids is 1. The fourth-order valence-electron chi connectivity index (χ4n) is 3.46. The number of hydrogen-bond donors (Lipinski definition) is 2. The maximum absolute atomic E-state index is 12.5. The molecular formula is C23H23NO6. The average Bonchev–Trinajstić information content (AvgIpc) is 3.01. The molecule has 1 heterocycles. The second-order valence-electron chi connectivity index (χ2n) is 6.68. The Labute approximate surface area is 174 Å². The van der Waals surface area contributed by atoms with Crippen LogP contribution in [-0.2, 0) is 9.53 Å². The molecule has 0 saturated carbocycles. The molecule has 0 fully saturated rings. The van der Waals surface area contributed by atoms with Gasteiger partial charge in [0.2, 0.25) is 0 Å². The van der Waals surface area contributed by atoms with Crippen molar-refractivity contribution in [2.75, 3.05) is 11.5 Å². The molecule has 156 valence electrons. The number of carbonyl (C=O) groups is 2. The number of rotatable bonds is 7. The first-order chi connectivity index (χ1) is 14.4. The second-order valence-corrected chi connectivity index (χ2v) is 6.68. The zero-order chi connectivity index (χ0) is 21.8. The summed E-state index contributed by atoms with van der Waals surface area (Å²) in [4.78, 5) is 26.3. The van der Waals surface area contributed by atoms with Gasteiger partial charge in [0.05, 0.1) is 12.3 Å². The van der Waals surface area contributed by atoms with Gasteiger partial charge in [0, 0.05) is 11.3 Å². The van der Waals surface area contributed by atoms with Gasteiger partial charge in [-0.3, -0.25) is 0 Å². The summed E-state index contributed by atoms with van der Waals surface area (Å²) in [7, 11) is 0. The molecule has 0 bridgehead atoms. The Balaban J connectivity index is 2.23. The van der Waals surface area contributed by atoms with Crippen molar-refractivity contribution in [1.29, 1.82) is 0 Å². The standard InChI is InChI=1S/C23H23NO6/c1-4-29-23(28)19-14(2)21(30-15(19)3)20(22(26)27)24(16-10-6-5-7-11-16)17-12-8-9-13-18(17)25/h5-13,20,25H,4H2,1-3H3,(H,26,27). The number of carboxylic acid groups (broad SMARTS) is 1. The summed E-state index contributed by atoms with van der Waals surface area (Å²) in [6.07, 6.45) is 0. The number of esters is 1. The Morgan fingerprint density at radius 3 is 2.30 bits per heavy atom. The minimum Gasteiger partial charge on any atom is -0.506 e. The number of nitrogens with zero attached hydrogens (tertiary/aromatic N) is 1. The van der Waals surface area contributed by atoms with Crippen molar-refractivity contribution in [3.8, 4) is 5.75 Å². The van der Waals surface area contributed by atoms with E-state index < -0.39 is 18.0 Å². The van der Waals surface area contributed by atoms with E-state index >= 15 is 0 Å². The summed E-state index contributed by atoms with van der Waals surface area (Å²) < 4.78 is 10.9. The van der Waals surface area contributed by atoms with Gasteiger partial charge in [0.15, 0.2) is 6.04 Å². The molecule has 0 aliphatic carbocycles. The average molecular weight is 409 g/mol. The van der Waals surface area contributed by atoms with Crippen LogP contribution in [0.2, 0.25) is 0 Å². The molecule has 1 atom stereocenters. The highest BCUT2D eigenvalue weighted by atomic mass is 16.5. The van der Waals surface area contributed by atoms with E-state index in [9.17, 15) is 19.8 Å². The molecular weight excluding hydrogens is 386 g/mol. The number of anilines is 2. The number of aromatic hydroxyl groups is 1. The van der Waals surface area contributed by atoms with E-state index in [4.69, 9.17) is 9.15 Å². The molecule has 7 heteroatoms. The van der Waals surface area contributed by atoms with Crippen LogP contribution in [0, 0.1) is 13.8 Å². The third kappa shape index (κ3) is 3.87. The molecule has 0 radical (unpaired) electrons. The van der Waals surface area contributed by atoms with Crippen LogP contribution in [0.5, 0.6) is 5.75 Å². The third-order valence-corrected chi connectivity index (χ3v) is 4.76. The van der Waals surface area contributed by atoms with Crippen molar-refractivity contribution in [3.63, 3.8) is 0 Å². The number of hydrogen-bond acceptors (Lipinski definition) is 6. The van der Waals surface area contributed by atoms with Crippen LogP contribution >= 0.6 is 0 Å². The molecule has 2 aromatic carbocycles.